The van der Waals surface area contributed by atoms with Crippen LogP contribution in [0.2, 0.25) is 0 Å². The van der Waals surface area contributed by atoms with Gasteiger partial charge in [-0.25, -0.2) is 4.39 Å². The highest BCUT2D eigenvalue weighted by Crippen LogP contribution is 2.28. The molecule has 0 aliphatic heterocycles. The molecule has 0 unspecified atom stereocenters. The molecular formula is C14H11FN2. The second-order valence-corrected chi connectivity index (χ2v) is 4.02. The summed E-state index contributed by atoms with van der Waals surface area (Å²) in [5.41, 5.74) is 2.94. The number of fused-ring (bicyclic) bond motifs is 1. The molecule has 3 heteroatoms. The summed E-state index contributed by atoms with van der Waals surface area (Å²) in [6.45, 7) is 0. The first-order chi connectivity index (χ1) is 8.25. The SMILES string of the molecule is Cn1ncc2c(-c3cccc(F)c3)cccc21. The standard InChI is InChI=1S/C14H11FN2/c1-17-14-7-3-6-12(13(14)9-16-17)10-4-2-5-11(15)8-10/h2-9H,1H3. The van der Waals surface area contributed by atoms with Crippen LogP contribution < -0.4 is 0 Å². The zero-order valence-corrected chi connectivity index (χ0v) is 9.39. The van der Waals surface area contributed by atoms with Crippen molar-refractivity contribution in [2.45, 2.75) is 0 Å². The lowest BCUT2D eigenvalue weighted by molar-refractivity contribution is 0.628. The molecule has 1 heterocycles. The maximum atomic E-state index is 13.2. The summed E-state index contributed by atoms with van der Waals surface area (Å²) in [4.78, 5) is 0. The normalized spacial score (nSPS) is 10.9. The van der Waals surface area contributed by atoms with E-state index in [1.165, 1.54) is 6.07 Å². The smallest absolute Gasteiger partial charge is 0.123 e. The molecule has 0 radical (unpaired) electrons. The number of hydrogen-bond acceptors (Lipinski definition) is 1. The van der Waals surface area contributed by atoms with Gasteiger partial charge >= 0.3 is 0 Å². The molecule has 2 nitrogen and oxygen atoms in total. The van der Waals surface area contributed by atoms with E-state index in [0.717, 1.165) is 22.0 Å². The Morgan fingerprint density at radius 2 is 1.94 bits per heavy atom. The number of aryl methyl sites for hydroxylation is 1. The van der Waals surface area contributed by atoms with Crippen molar-refractivity contribution in [2.75, 3.05) is 0 Å². The molecule has 0 aliphatic rings. The fourth-order valence-corrected chi connectivity index (χ4v) is 2.09. The summed E-state index contributed by atoms with van der Waals surface area (Å²) < 4.78 is 15.1. The van der Waals surface area contributed by atoms with Gasteiger partial charge in [-0.2, -0.15) is 5.10 Å². The van der Waals surface area contributed by atoms with Crippen LogP contribution in [0.25, 0.3) is 22.0 Å². The van der Waals surface area contributed by atoms with E-state index in [0.29, 0.717) is 0 Å². The van der Waals surface area contributed by atoms with Gasteiger partial charge in [0.2, 0.25) is 0 Å². The minimum absolute atomic E-state index is 0.219. The molecule has 0 N–H and O–H groups in total. The number of aromatic nitrogens is 2. The minimum Gasteiger partial charge on any atom is -0.268 e. The summed E-state index contributed by atoms with van der Waals surface area (Å²) in [5, 5.41) is 5.27. The van der Waals surface area contributed by atoms with E-state index in [4.69, 9.17) is 0 Å². The van der Waals surface area contributed by atoms with Gasteiger partial charge in [0.15, 0.2) is 0 Å². The third-order valence-corrected chi connectivity index (χ3v) is 2.93. The number of benzene rings is 2. The van der Waals surface area contributed by atoms with Crippen LogP contribution in [-0.4, -0.2) is 9.78 Å². The van der Waals surface area contributed by atoms with Gasteiger partial charge in [0, 0.05) is 12.4 Å². The fourth-order valence-electron chi connectivity index (χ4n) is 2.09. The van der Waals surface area contributed by atoms with E-state index in [1.807, 2.05) is 42.2 Å². The van der Waals surface area contributed by atoms with E-state index in [1.54, 1.807) is 12.1 Å². The maximum Gasteiger partial charge on any atom is 0.123 e. The topological polar surface area (TPSA) is 17.8 Å². The molecule has 0 saturated carbocycles. The van der Waals surface area contributed by atoms with Crippen molar-refractivity contribution in [3.8, 4) is 11.1 Å². The van der Waals surface area contributed by atoms with Gasteiger partial charge in [-0.05, 0) is 29.3 Å². The minimum atomic E-state index is -0.219. The average molecular weight is 226 g/mol. The Balaban J connectivity index is 2.30. The Hall–Kier alpha value is -2.16. The van der Waals surface area contributed by atoms with Crippen LogP contribution in [0, 0.1) is 5.82 Å². The van der Waals surface area contributed by atoms with Crippen LogP contribution in [0.15, 0.2) is 48.7 Å². The van der Waals surface area contributed by atoms with E-state index in [2.05, 4.69) is 5.10 Å². The Kier molecular flexibility index (Phi) is 2.18. The molecule has 0 saturated heterocycles. The molecule has 84 valence electrons. The van der Waals surface area contributed by atoms with Crippen LogP contribution in [0.4, 0.5) is 4.39 Å². The van der Waals surface area contributed by atoms with Gasteiger partial charge in [-0.1, -0.05) is 24.3 Å². The highest BCUT2D eigenvalue weighted by Gasteiger charge is 2.07. The third-order valence-electron chi connectivity index (χ3n) is 2.93. The lowest BCUT2D eigenvalue weighted by Gasteiger charge is -2.03. The van der Waals surface area contributed by atoms with Crippen LogP contribution in [-0.2, 0) is 7.05 Å². The maximum absolute atomic E-state index is 13.2. The highest BCUT2D eigenvalue weighted by atomic mass is 19.1. The fraction of sp³-hybridized carbons (Fsp3) is 0.0714. The second-order valence-electron chi connectivity index (χ2n) is 4.02. The molecule has 0 amide bonds. The van der Waals surface area contributed by atoms with Gasteiger partial charge in [0.1, 0.15) is 5.82 Å². The van der Waals surface area contributed by atoms with Gasteiger partial charge in [0.25, 0.3) is 0 Å². The van der Waals surface area contributed by atoms with E-state index in [-0.39, 0.29) is 5.82 Å². The summed E-state index contributed by atoms with van der Waals surface area (Å²) in [6, 6.07) is 12.6. The van der Waals surface area contributed by atoms with Gasteiger partial charge in [-0.15, -0.1) is 0 Å². The number of rotatable bonds is 1. The van der Waals surface area contributed by atoms with Crippen LogP contribution in [0.5, 0.6) is 0 Å². The van der Waals surface area contributed by atoms with Gasteiger partial charge in [-0.3, -0.25) is 4.68 Å². The first-order valence-corrected chi connectivity index (χ1v) is 5.42. The molecule has 2 aromatic carbocycles. The molecule has 0 aliphatic carbocycles. The van der Waals surface area contributed by atoms with Gasteiger partial charge in [0.05, 0.1) is 11.7 Å². The van der Waals surface area contributed by atoms with E-state index < -0.39 is 0 Å². The predicted octanol–water partition coefficient (Wildman–Crippen LogP) is 3.38. The van der Waals surface area contributed by atoms with Crippen LogP contribution >= 0.6 is 0 Å². The average Bonchev–Trinajstić information content (AvgIpc) is 2.71. The summed E-state index contributed by atoms with van der Waals surface area (Å²) >= 11 is 0. The Morgan fingerprint density at radius 1 is 1.12 bits per heavy atom. The Morgan fingerprint density at radius 3 is 2.76 bits per heavy atom. The predicted molar refractivity (Wildman–Crippen MR) is 66.1 cm³/mol. The van der Waals surface area contributed by atoms with Crippen LogP contribution in [0.1, 0.15) is 0 Å². The monoisotopic (exact) mass is 226 g/mol. The Labute approximate surface area is 98.3 Å². The molecule has 0 fully saturated rings. The summed E-state index contributed by atoms with van der Waals surface area (Å²) in [5.74, 6) is -0.219. The van der Waals surface area contributed by atoms with Crippen molar-refractivity contribution in [1.29, 1.82) is 0 Å². The molecule has 0 bridgehead atoms. The molecule has 17 heavy (non-hydrogen) atoms. The molecule has 3 rings (SSSR count). The van der Waals surface area contributed by atoms with Crippen molar-refractivity contribution < 1.29 is 4.39 Å². The molecule has 3 aromatic rings. The molecular weight excluding hydrogens is 215 g/mol. The van der Waals surface area contributed by atoms with Crippen LogP contribution in [0.3, 0.4) is 0 Å². The summed E-state index contributed by atoms with van der Waals surface area (Å²) in [7, 11) is 1.90. The molecule has 1 aromatic heterocycles. The highest BCUT2D eigenvalue weighted by molar-refractivity contribution is 5.94. The van der Waals surface area contributed by atoms with Crippen molar-refractivity contribution in [2.24, 2.45) is 7.05 Å². The second kappa shape index (κ2) is 3.70. The first-order valence-electron chi connectivity index (χ1n) is 5.42. The largest absolute Gasteiger partial charge is 0.268 e. The van der Waals surface area contributed by atoms with Crippen molar-refractivity contribution >= 4 is 10.9 Å². The molecule has 0 spiro atoms. The zero-order valence-electron chi connectivity index (χ0n) is 9.39. The number of nitrogens with zero attached hydrogens (tertiary/aromatic N) is 2. The molecule has 0 atom stereocenters. The Bertz CT molecular complexity index is 686. The van der Waals surface area contributed by atoms with Gasteiger partial charge < -0.3 is 0 Å². The van der Waals surface area contributed by atoms with Crippen molar-refractivity contribution in [3.05, 3.63) is 54.5 Å². The lowest BCUT2D eigenvalue weighted by Crippen LogP contribution is -1.88. The zero-order chi connectivity index (χ0) is 11.8. The lowest BCUT2D eigenvalue weighted by atomic mass is 10.0. The third kappa shape index (κ3) is 1.60. The quantitative estimate of drug-likeness (QED) is 0.622. The van der Waals surface area contributed by atoms with E-state index in [9.17, 15) is 4.39 Å². The summed E-state index contributed by atoms with van der Waals surface area (Å²) in [6.07, 6.45) is 1.82. The van der Waals surface area contributed by atoms with Crippen molar-refractivity contribution in [1.82, 2.24) is 9.78 Å². The first kappa shape index (κ1) is 10.0. The van der Waals surface area contributed by atoms with Crippen molar-refractivity contribution in [3.63, 3.8) is 0 Å². The van der Waals surface area contributed by atoms with E-state index >= 15 is 0 Å². The number of hydrogen-bond donors (Lipinski definition) is 0. The number of halogens is 1.